The quantitative estimate of drug-likeness (QED) is 0.613. The molecule has 0 aliphatic rings. The lowest BCUT2D eigenvalue weighted by Crippen LogP contribution is -2.28. The molecule has 0 bridgehead atoms. The number of unbranched alkanes of at least 4 members (excludes halogenated alkanes) is 1. The standard InChI is InChI=1S/C19H21N5O2/c1-4-5-9-23-14(13-8-6-7-12(2)10-13)11-24-15-16(20-18(23)24)22(3)19(26)21-17(15)25/h6-8,10-11H,4-5,9H2,1-3H3,(H,21,25,26). The van der Waals surface area contributed by atoms with Gasteiger partial charge in [0.1, 0.15) is 0 Å². The van der Waals surface area contributed by atoms with Crippen molar-refractivity contribution in [3.8, 4) is 11.3 Å². The molecule has 0 aliphatic heterocycles. The molecule has 0 atom stereocenters. The summed E-state index contributed by atoms with van der Waals surface area (Å²) >= 11 is 0. The van der Waals surface area contributed by atoms with Gasteiger partial charge >= 0.3 is 5.69 Å². The van der Waals surface area contributed by atoms with Gasteiger partial charge in [-0.15, -0.1) is 0 Å². The fourth-order valence-corrected chi connectivity index (χ4v) is 3.37. The van der Waals surface area contributed by atoms with E-state index in [1.54, 1.807) is 11.4 Å². The number of aromatic amines is 1. The highest BCUT2D eigenvalue weighted by atomic mass is 16.2. The van der Waals surface area contributed by atoms with Crippen molar-refractivity contribution < 1.29 is 0 Å². The van der Waals surface area contributed by atoms with Crippen LogP contribution in [0.2, 0.25) is 0 Å². The van der Waals surface area contributed by atoms with Crippen molar-refractivity contribution >= 4 is 16.9 Å². The number of fused-ring (bicyclic) bond motifs is 3. The number of imidazole rings is 2. The predicted molar refractivity (Wildman–Crippen MR) is 102 cm³/mol. The van der Waals surface area contributed by atoms with Gasteiger partial charge in [0, 0.05) is 25.4 Å². The zero-order valence-corrected chi connectivity index (χ0v) is 15.1. The molecule has 0 amide bonds. The van der Waals surface area contributed by atoms with Gasteiger partial charge in [-0.25, -0.2) is 4.79 Å². The monoisotopic (exact) mass is 351 g/mol. The minimum Gasteiger partial charge on any atom is -0.310 e. The normalized spacial score (nSPS) is 11.7. The van der Waals surface area contributed by atoms with Crippen LogP contribution in [0, 0.1) is 6.92 Å². The molecule has 1 aromatic carbocycles. The van der Waals surface area contributed by atoms with Crippen molar-refractivity contribution in [2.24, 2.45) is 7.05 Å². The van der Waals surface area contributed by atoms with Gasteiger partial charge in [0.05, 0.1) is 5.69 Å². The summed E-state index contributed by atoms with van der Waals surface area (Å²) in [4.78, 5) is 31.3. The maximum absolute atomic E-state index is 12.4. The molecule has 4 rings (SSSR count). The molecule has 0 aliphatic carbocycles. The van der Waals surface area contributed by atoms with Crippen LogP contribution in [0.25, 0.3) is 28.2 Å². The van der Waals surface area contributed by atoms with Crippen molar-refractivity contribution in [1.29, 1.82) is 0 Å². The number of aryl methyl sites for hydroxylation is 3. The number of nitrogens with one attached hydrogen (secondary N) is 1. The Morgan fingerprint density at radius 2 is 2.04 bits per heavy atom. The number of nitrogens with zero attached hydrogens (tertiary/aromatic N) is 4. The Morgan fingerprint density at radius 1 is 1.23 bits per heavy atom. The van der Waals surface area contributed by atoms with E-state index in [1.165, 1.54) is 10.1 Å². The van der Waals surface area contributed by atoms with Gasteiger partial charge in [-0.1, -0.05) is 37.1 Å². The molecule has 7 nitrogen and oxygen atoms in total. The van der Waals surface area contributed by atoms with E-state index in [4.69, 9.17) is 0 Å². The number of hydrogen-bond acceptors (Lipinski definition) is 3. The predicted octanol–water partition coefficient (Wildman–Crippen LogP) is 2.45. The van der Waals surface area contributed by atoms with Gasteiger partial charge in [-0.2, -0.15) is 4.98 Å². The summed E-state index contributed by atoms with van der Waals surface area (Å²) in [6.45, 7) is 5.00. The first-order chi connectivity index (χ1) is 12.5. The maximum atomic E-state index is 12.4. The third-order valence-corrected chi connectivity index (χ3v) is 4.76. The lowest BCUT2D eigenvalue weighted by Gasteiger charge is -2.08. The average molecular weight is 351 g/mol. The van der Waals surface area contributed by atoms with Crippen molar-refractivity contribution in [2.75, 3.05) is 0 Å². The molecule has 0 unspecified atom stereocenters. The van der Waals surface area contributed by atoms with Crippen LogP contribution in [0.3, 0.4) is 0 Å². The average Bonchev–Trinajstić information content (AvgIpc) is 3.14. The number of benzene rings is 1. The van der Waals surface area contributed by atoms with Crippen LogP contribution >= 0.6 is 0 Å². The van der Waals surface area contributed by atoms with Crippen molar-refractivity contribution in [1.82, 2.24) is 23.5 Å². The number of hydrogen-bond donors (Lipinski definition) is 1. The Balaban J connectivity index is 2.09. The first-order valence-electron chi connectivity index (χ1n) is 8.79. The van der Waals surface area contributed by atoms with Gasteiger partial charge in [0.15, 0.2) is 11.2 Å². The fraction of sp³-hybridized carbons (Fsp3) is 0.316. The molecule has 1 N–H and O–H groups in total. The molecule has 0 fully saturated rings. The minimum atomic E-state index is -0.456. The molecule has 0 saturated heterocycles. The van der Waals surface area contributed by atoms with Crippen LogP contribution < -0.4 is 11.2 Å². The van der Waals surface area contributed by atoms with E-state index >= 15 is 0 Å². The molecular weight excluding hydrogens is 330 g/mol. The smallest absolute Gasteiger partial charge is 0.310 e. The Morgan fingerprint density at radius 3 is 2.77 bits per heavy atom. The Kier molecular flexibility index (Phi) is 3.79. The zero-order valence-electron chi connectivity index (χ0n) is 15.1. The lowest BCUT2D eigenvalue weighted by molar-refractivity contribution is 0.648. The molecule has 0 saturated carbocycles. The zero-order chi connectivity index (χ0) is 18.4. The summed E-state index contributed by atoms with van der Waals surface area (Å²) in [6, 6.07) is 8.27. The SMILES string of the molecule is CCCCn1c(-c2cccc(C)c2)cn2c3c(=O)[nH]c(=O)n(C)c3nc12. The first kappa shape index (κ1) is 16.4. The number of rotatable bonds is 4. The number of aromatic nitrogens is 5. The second kappa shape index (κ2) is 6.01. The second-order valence-corrected chi connectivity index (χ2v) is 6.66. The van der Waals surface area contributed by atoms with Crippen LogP contribution in [0.4, 0.5) is 0 Å². The number of H-pyrrole nitrogens is 1. The second-order valence-electron chi connectivity index (χ2n) is 6.66. The van der Waals surface area contributed by atoms with Gasteiger partial charge in [-0.3, -0.25) is 18.7 Å². The van der Waals surface area contributed by atoms with Crippen molar-refractivity contribution in [3.05, 3.63) is 56.9 Å². The van der Waals surface area contributed by atoms with Crippen LogP contribution in [0.1, 0.15) is 25.3 Å². The molecule has 4 aromatic rings. The van der Waals surface area contributed by atoms with E-state index in [2.05, 4.69) is 46.6 Å². The van der Waals surface area contributed by atoms with Crippen LogP contribution in [-0.4, -0.2) is 23.5 Å². The van der Waals surface area contributed by atoms with E-state index in [9.17, 15) is 9.59 Å². The molecule has 26 heavy (non-hydrogen) atoms. The van der Waals surface area contributed by atoms with Crippen molar-refractivity contribution in [3.63, 3.8) is 0 Å². The summed E-state index contributed by atoms with van der Waals surface area (Å²) < 4.78 is 5.29. The van der Waals surface area contributed by atoms with Gasteiger partial charge in [0.2, 0.25) is 5.78 Å². The largest absolute Gasteiger partial charge is 0.329 e. The van der Waals surface area contributed by atoms with Crippen LogP contribution in [0.5, 0.6) is 0 Å². The first-order valence-corrected chi connectivity index (χ1v) is 8.79. The molecule has 7 heteroatoms. The minimum absolute atomic E-state index is 0.395. The summed E-state index contributed by atoms with van der Waals surface area (Å²) in [5.41, 5.74) is 3.19. The molecular formula is C19H21N5O2. The maximum Gasteiger partial charge on any atom is 0.329 e. The molecule has 134 valence electrons. The van der Waals surface area contributed by atoms with Gasteiger partial charge in [-0.05, 0) is 19.4 Å². The Bertz CT molecular complexity index is 1240. The summed E-state index contributed by atoms with van der Waals surface area (Å²) in [5, 5.41) is 0. The highest BCUT2D eigenvalue weighted by Gasteiger charge is 2.19. The van der Waals surface area contributed by atoms with Crippen LogP contribution in [0.15, 0.2) is 40.1 Å². The summed E-state index contributed by atoms with van der Waals surface area (Å²) in [6.07, 6.45) is 3.99. The topological polar surface area (TPSA) is 77.1 Å². The van der Waals surface area contributed by atoms with E-state index in [1.807, 2.05) is 12.3 Å². The Hall–Kier alpha value is -3.09. The van der Waals surface area contributed by atoms with E-state index in [0.717, 1.165) is 30.6 Å². The molecule has 3 heterocycles. The van der Waals surface area contributed by atoms with E-state index in [-0.39, 0.29) is 0 Å². The Labute approximate surface area is 149 Å². The lowest BCUT2D eigenvalue weighted by atomic mass is 10.1. The molecule has 0 radical (unpaired) electrons. The summed E-state index contributed by atoms with van der Waals surface area (Å²) in [5.74, 6) is 0.677. The van der Waals surface area contributed by atoms with Crippen molar-refractivity contribution in [2.45, 2.75) is 33.2 Å². The third kappa shape index (κ3) is 2.39. The molecule has 0 spiro atoms. The van der Waals surface area contributed by atoms with Crippen LogP contribution in [-0.2, 0) is 13.6 Å². The highest BCUT2D eigenvalue weighted by molar-refractivity contribution is 5.78. The molecule has 3 aromatic heterocycles. The fourth-order valence-electron chi connectivity index (χ4n) is 3.37. The van der Waals surface area contributed by atoms with E-state index < -0.39 is 11.2 Å². The summed E-state index contributed by atoms with van der Waals surface area (Å²) in [7, 11) is 1.62. The third-order valence-electron chi connectivity index (χ3n) is 4.76. The highest BCUT2D eigenvalue weighted by Crippen LogP contribution is 2.26. The van der Waals surface area contributed by atoms with E-state index in [0.29, 0.717) is 16.9 Å². The van der Waals surface area contributed by atoms with Gasteiger partial charge < -0.3 is 4.57 Å². The van der Waals surface area contributed by atoms with Gasteiger partial charge in [0.25, 0.3) is 5.56 Å².